The number of ether oxygens (including phenoxy) is 2. The molecule has 1 fully saturated rings. The number of amides is 3. The Kier molecular flexibility index (Phi) is 13.3. The molecular formula is C35H55N5O6. The zero-order chi connectivity index (χ0) is 33.2. The van der Waals surface area contributed by atoms with Crippen LogP contribution in [-0.2, 0) is 4.74 Å². The van der Waals surface area contributed by atoms with E-state index in [2.05, 4.69) is 34.7 Å². The third-order valence-corrected chi connectivity index (χ3v) is 9.37. The number of anilines is 2. The highest BCUT2D eigenvalue weighted by Gasteiger charge is 2.31. The van der Waals surface area contributed by atoms with Gasteiger partial charge in [0.25, 0.3) is 5.91 Å². The minimum Gasteiger partial charge on any atom is -0.490 e. The minimum atomic E-state index is -0.483. The number of benzene rings is 1. The minimum absolute atomic E-state index is 0.0140. The molecule has 0 unspecified atom stereocenters. The summed E-state index contributed by atoms with van der Waals surface area (Å²) in [5.74, 6) is 1.43. The van der Waals surface area contributed by atoms with E-state index in [1.54, 1.807) is 36.9 Å². The van der Waals surface area contributed by atoms with Crippen LogP contribution in [0.15, 0.2) is 22.7 Å². The number of aromatic nitrogens is 1. The third-order valence-electron chi connectivity index (χ3n) is 9.37. The van der Waals surface area contributed by atoms with Crippen molar-refractivity contribution in [1.29, 1.82) is 0 Å². The highest BCUT2D eigenvalue weighted by Crippen LogP contribution is 2.29. The van der Waals surface area contributed by atoms with Crippen LogP contribution in [0.5, 0.6) is 5.75 Å². The largest absolute Gasteiger partial charge is 0.490 e. The molecule has 4 atom stereocenters. The number of aliphatic hydroxyl groups excluding tert-OH is 1. The molecule has 0 saturated heterocycles. The summed E-state index contributed by atoms with van der Waals surface area (Å²) in [4.78, 5) is 31.4. The molecule has 3 amide bonds. The van der Waals surface area contributed by atoms with Crippen LogP contribution in [0.2, 0.25) is 0 Å². The Bertz CT molecular complexity index is 1260. The van der Waals surface area contributed by atoms with Gasteiger partial charge in [-0.15, -0.1) is 0 Å². The summed E-state index contributed by atoms with van der Waals surface area (Å²) in [6.45, 7) is 12.2. The van der Waals surface area contributed by atoms with Crippen molar-refractivity contribution in [3.8, 4) is 5.75 Å². The van der Waals surface area contributed by atoms with Crippen molar-refractivity contribution in [2.24, 2.45) is 11.8 Å². The van der Waals surface area contributed by atoms with Gasteiger partial charge in [0.1, 0.15) is 17.1 Å². The molecule has 256 valence electrons. The van der Waals surface area contributed by atoms with Gasteiger partial charge in [-0.1, -0.05) is 31.3 Å². The lowest BCUT2D eigenvalue weighted by atomic mass is 9.89. The van der Waals surface area contributed by atoms with E-state index in [1.165, 1.54) is 32.1 Å². The van der Waals surface area contributed by atoms with Gasteiger partial charge in [0.2, 0.25) is 0 Å². The highest BCUT2D eigenvalue weighted by molar-refractivity contribution is 6.03. The van der Waals surface area contributed by atoms with E-state index >= 15 is 0 Å². The highest BCUT2D eigenvalue weighted by atomic mass is 16.5. The molecule has 2 aromatic rings. The fraction of sp³-hybridized carbons (Fsp3) is 0.686. The first kappa shape index (κ1) is 35.7. The summed E-state index contributed by atoms with van der Waals surface area (Å²) >= 11 is 0. The van der Waals surface area contributed by atoms with Crippen LogP contribution in [0, 0.1) is 25.7 Å². The smallest absolute Gasteiger partial charge is 0.323 e. The van der Waals surface area contributed by atoms with Gasteiger partial charge in [-0.25, -0.2) is 4.79 Å². The van der Waals surface area contributed by atoms with Crippen LogP contribution in [-0.4, -0.2) is 90.1 Å². The molecule has 1 aromatic carbocycles. The molecule has 1 aliphatic heterocycles. The van der Waals surface area contributed by atoms with E-state index in [1.807, 2.05) is 13.8 Å². The van der Waals surface area contributed by atoms with Crippen molar-refractivity contribution < 1.29 is 28.7 Å². The number of carbonyl (C=O) groups excluding carboxylic acids is 2. The molecule has 0 spiro atoms. The van der Waals surface area contributed by atoms with E-state index in [-0.39, 0.29) is 30.6 Å². The number of nitrogens with zero attached hydrogens (tertiary/aromatic N) is 3. The summed E-state index contributed by atoms with van der Waals surface area (Å²) in [7, 11) is 2.18. The van der Waals surface area contributed by atoms with E-state index < -0.39 is 12.1 Å². The quantitative estimate of drug-likeness (QED) is 0.309. The van der Waals surface area contributed by atoms with E-state index in [0.717, 1.165) is 38.3 Å². The Hall–Kier alpha value is -3.15. The van der Waals surface area contributed by atoms with Gasteiger partial charge in [0, 0.05) is 37.8 Å². The average molecular weight is 642 g/mol. The molecule has 1 saturated carbocycles. The molecule has 2 heterocycles. The van der Waals surface area contributed by atoms with Gasteiger partial charge >= 0.3 is 6.03 Å². The van der Waals surface area contributed by atoms with Gasteiger partial charge < -0.3 is 39.5 Å². The number of hydrogen-bond donors (Lipinski definition) is 3. The second-order valence-electron chi connectivity index (χ2n) is 13.5. The lowest BCUT2D eigenvalue weighted by Gasteiger charge is -2.36. The maximum atomic E-state index is 14.4. The standard InChI is InChI=1S/C35H55N5O6/c1-23-19-40(24(2)22-41)34(42)30-18-29(36-35(43)37-33-26(4)38-46-27(33)5)15-16-31(30)45-25(3)12-10-11-17-44-32(23)21-39(6)20-28-13-8-7-9-14-28/h15-16,18,23-25,28,32,41H,7-14,17,19-22H2,1-6H3,(H2,36,37,43)/t23-,24+,25-,32+/m1/s1. The first-order valence-corrected chi connectivity index (χ1v) is 17.1. The first-order chi connectivity index (χ1) is 22.0. The molecule has 4 rings (SSSR count). The summed E-state index contributed by atoms with van der Waals surface area (Å²) in [5, 5.41) is 19.7. The number of aliphatic hydroxyl groups is 1. The van der Waals surface area contributed by atoms with Crippen molar-refractivity contribution in [3.63, 3.8) is 0 Å². The lowest BCUT2D eigenvalue weighted by molar-refractivity contribution is -0.0190. The SMILES string of the molecule is Cc1noc(C)c1NC(=O)Nc1ccc2c(c1)C(=O)N([C@@H](C)CO)C[C@@H](C)[C@H](CN(C)CC1CCCCC1)OCCCC[C@@H](C)O2. The van der Waals surface area contributed by atoms with Gasteiger partial charge in [-0.3, -0.25) is 4.79 Å². The summed E-state index contributed by atoms with van der Waals surface area (Å²) in [6, 6.07) is 4.19. The second-order valence-corrected chi connectivity index (χ2v) is 13.5. The number of rotatable bonds is 8. The molecule has 3 N–H and O–H groups in total. The molecular weight excluding hydrogens is 586 g/mol. The molecule has 0 bridgehead atoms. The van der Waals surface area contributed by atoms with Crippen molar-refractivity contribution in [2.45, 2.75) is 104 Å². The van der Waals surface area contributed by atoms with Crippen molar-refractivity contribution in [3.05, 3.63) is 35.2 Å². The molecule has 1 aromatic heterocycles. The Balaban J connectivity index is 1.57. The van der Waals surface area contributed by atoms with E-state index in [9.17, 15) is 14.7 Å². The normalized spacial score (nSPS) is 22.9. The number of likely N-dealkylation sites (N-methyl/N-ethyl adjacent to an activating group) is 1. The number of aryl methyl sites for hydroxylation is 2. The van der Waals surface area contributed by atoms with Gasteiger partial charge in [0.15, 0.2) is 5.76 Å². The van der Waals surface area contributed by atoms with Crippen LogP contribution in [0.4, 0.5) is 16.2 Å². The lowest BCUT2D eigenvalue weighted by Crippen LogP contribution is -2.47. The topological polar surface area (TPSA) is 129 Å². The van der Waals surface area contributed by atoms with Crippen molar-refractivity contribution in [1.82, 2.24) is 15.0 Å². The third kappa shape index (κ3) is 9.92. The predicted molar refractivity (Wildman–Crippen MR) is 180 cm³/mol. The molecule has 0 radical (unpaired) electrons. The molecule has 11 nitrogen and oxygen atoms in total. The number of carbonyl (C=O) groups is 2. The molecule has 46 heavy (non-hydrogen) atoms. The van der Waals surface area contributed by atoms with Crippen LogP contribution < -0.4 is 15.4 Å². The van der Waals surface area contributed by atoms with E-state index in [0.29, 0.717) is 47.3 Å². The number of hydrogen-bond acceptors (Lipinski definition) is 8. The van der Waals surface area contributed by atoms with Gasteiger partial charge in [0.05, 0.1) is 30.4 Å². The molecule has 1 aliphatic carbocycles. The van der Waals surface area contributed by atoms with Crippen LogP contribution in [0.3, 0.4) is 0 Å². The number of urea groups is 1. The van der Waals surface area contributed by atoms with Gasteiger partial charge in [-0.2, -0.15) is 0 Å². The fourth-order valence-electron chi connectivity index (χ4n) is 6.59. The van der Waals surface area contributed by atoms with Crippen LogP contribution in [0.25, 0.3) is 0 Å². The average Bonchev–Trinajstić information content (AvgIpc) is 3.34. The maximum Gasteiger partial charge on any atom is 0.323 e. The maximum absolute atomic E-state index is 14.4. The first-order valence-electron chi connectivity index (χ1n) is 17.1. The zero-order valence-electron chi connectivity index (χ0n) is 28.6. The molecule has 11 heteroatoms. The molecule has 2 aliphatic rings. The Morgan fingerprint density at radius 2 is 1.83 bits per heavy atom. The second kappa shape index (κ2) is 17.1. The number of nitrogens with one attached hydrogen (secondary N) is 2. The van der Waals surface area contributed by atoms with Crippen LogP contribution in [0.1, 0.15) is 93.9 Å². The van der Waals surface area contributed by atoms with Crippen LogP contribution >= 0.6 is 0 Å². The number of fused-ring (bicyclic) bond motifs is 1. The van der Waals surface area contributed by atoms with E-state index in [4.69, 9.17) is 14.0 Å². The fourth-order valence-corrected chi connectivity index (χ4v) is 6.59. The summed E-state index contributed by atoms with van der Waals surface area (Å²) < 4.78 is 18.0. The monoisotopic (exact) mass is 641 g/mol. The van der Waals surface area contributed by atoms with Crippen molar-refractivity contribution in [2.75, 3.05) is 50.5 Å². The summed E-state index contributed by atoms with van der Waals surface area (Å²) in [5.41, 5.74) is 1.84. The van der Waals surface area contributed by atoms with Gasteiger partial charge in [-0.05, 0) is 91.0 Å². The predicted octanol–water partition coefficient (Wildman–Crippen LogP) is 6.24. The Morgan fingerprint density at radius 1 is 1.09 bits per heavy atom. The zero-order valence-corrected chi connectivity index (χ0v) is 28.6. The summed E-state index contributed by atoms with van der Waals surface area (Å²) in [6.07, 6.45) is 9.05. The Labute approximate surface area is 274 Å². The van der Waals surface area contributed by atoms with Crippen molar-refractivity contribution >= 4 is 23.3 Å². The Morgan fingerprint density at radius 3 is 2.52 bits per heavy atom.